The second kappa shape index (κ2) is 7.93. The zero-order valence-electron chi connectivity index (χ0n) is 12.5. The Bertz CT molecular complexity index is 470. The average molecular weight is 311 g/mol. The third kappa shape index (κ3) is 7.60. The molecule has 6 heteroatoms. The number of amides is 1. The van der Waals surface area contributed by atoms with E-state index in [1.165, 1.54) is 11.8 Å². The van der Waals surface area contributed by atoms with Crippen molar-refractivity contribution >= 4 is 23.8 Å². The van der Waals surface area contributed by atoms with Crippen LogP contribution in [0.3, 0.4) is 0 Å². The van der Waals surface area contributed by atoms with Crippen LogP contribution in [-0.2, 0) is 16.1 Å². The predicted molar refractivity (Wildman–Crippen MR) is 83.4 cm³/mol. The molecule has 0 radical (unpaired) electrons. The highest BCUT2D eigenvalue weighted by Gasteiger charge is 2.23. The minimum absolute atomic E-state index is 0.0661. The lowest BCUT2D eigenvalue weighted by Crippen LogP contribution is -2.43. The van der Waals surface area contributed by atoms with E-state index in [-0.39, 0.29) is 11.4 Å². The number of ether oxygens (including phenoxy) is 1. The summed E-state index contributed by atoms with van der Waals surface area (Å²) in [5, 5.41) is 11.5. The van der Waals surface area contributed by atoms with E-state index < -0.39 is 18.1 Å². The third-order valence-electron chi connectivity index (χ3n) is 2.49. The van der Waals surface area contributed by atoms with Gasteiger partial charge in [0.25, 0.3) is 0 Å². The molecule has 1 aromatic carbocycles. The van der Waals surface area contributed by atoms with Crippen LogP contribution in [-0.4, -0.2) is 33.7 Å². The van der Waals surface area contributed by atoms with E-state index in [4.69, 9.17) is 9.84 Å². The second-order valence-electron chi connectivity index (χ2n) is 5.52. The molecule has 0 aromatic heterocycles. The number of alkyl carbamates (subject to hydrolysis) is 1. The van der Waals surface area contributed by atoms with Gasteiger partial charge in [0.05, 0.1) is 0 Å². The lowest BCUT2D eigenvalue weighted by Gasteiger charge is -2.21. The van der Waals surface area contributed by atoms with Gasteiger partial charge in [-0.2, -0.15) is 11.8 Å². The van der Waals surface area contributed by atoms with E-state index >= 15 is 0 Å². The van der Waals surface area contributed by atoms with Crippen molar-refractivity contribution in [1.29, 1.82) is 0 Å². The van der Waals surface area contributed by atoms with Crippen molar-refractivity contribution < 1.29 is 19.4 Å². The summed E-state index contributed by atoms with van der Waals surface area (Å²) in [6.07, 6.45) is -0.722. The Kier molecular flexibility index (Phi) is 6.55. The number of hydrogen-bond donors (Lipinski definition) is 2. The first-order valence-corrected chi connectivity index (χ1v) is 7.60. The Balaban J connectivity index is 2.43. The number of carbonyl (C=O) groups is 2. The molecule has 0 aliphatic carbocycles. The number of carboxylic acid groups (broad SMARTS) is 1. The molecule has 1 rings (SSSR count). The molecule has 0 aliphatic rings. The van der Waals surface area contributed by atoms with Crippen LogP contribution in [0.5, 0.6) is 0 Å². The molecule has 0 bridgehead atoms. The Morgan fingerprint density at radius 1 is 1.29 bits per heavy atom. The van der Waals surface area contributed by atoms with Crippen LogP contribution < -0.4 is 5.32 Å². The van der Waals surface area contributed by atoms with E-state index in [1.54, 1.807) is 0 Å². The molecular formula is C15H21NO4S. The van der Waals surface area contributed by atoms with Gasteiger partial charge in [-0.15, -0.1) is 0 Å². The molecule has 5 nitrogen and oxygen atoms in total. The molecule has 0 heterocycles. The highest BCUT2D eigenvalue weighted by molar-refractivity contribution is 8.00. The van der Waals surface area contributed by atoms with Crippen molar-refractivity contribution in [3.05, 3.63) is 35.9 Å². The van der Waals surface area contributed by atoms with E-state index in [1.807, 2.05) is 51.1 Å². The molecule has 1 atom stereocenters. The van der Waals surface area contributed by atoms with E-state index in [2.05, 4.69) is 5.32 Å². The largest absolute Gasteiger partial charge is 0.480 e. The number of rotatable bonds is 6. The van der Waals surface area contributed by atoms with Crippen LogP contribution in [0.1, 0.15) is 26.3 Å². The average Bonchev–Trinajstić information content (AvgIpc) is 2.41. The maximum absolute atomic E-state index is 11.6. The Labute approximate surface area is 129 Å². The molecule has 0 saturated heterocycles. The van der Waals surface area contributed by atoms with Crippen LogP contribution in [0.25, 0.3) is 0 Å². The topological polar surface area (TPSA) is 75.6 Å². The van der Waals surface area contributed by atoms with Gasteiger partial charge in [0, 0.05) is 10.5 Å². The number of thioether (sulfide) groups is 1. The Hall–Kier alpha value is -1.69. The zero-order chi connectivity index (χ0) is 15.9. The van der Waals surface area contributed by atoms with Crippen molar-refractivity contribution in [3.63, 3.8) is 0 Å². The quantitative estimate of drug-likeness (QED) is 0.845. The first-order chi connectivity index (χ1) is 9.78. The van der Waals surface area contributed by atoms with Gasteiger partial charge in [0.15, 0.2) is 0 Å². The molecule has 21 heavy (non-hydrogen) atoms. The fourth-order valence-corrected chi connectivity index (χ4v) is 2.31. The van der Waals surface area contributed by atoms with Crippen molar-refractivity contribution in [2.24, 2.45) is 0 Å². The molecular weight excluding hydrogens is 290 g/mol. The number of carboxylic acids is 1. The molecule has 0 aliphatic heterocycles. The summed E-state index contributed by atoms with van der Waals surface area (Å²) < 4.78 is 4.95. The van der Waals surface area contributed by atoms with Gasteiger partial charge < -0.3 is 15.2 Å². The van der Waals surface area contributed by atoms with Crippen molar-refractivity contribution in [3.8, 4) is 0 Å². The van der Waals surface area contributed by atoms with Gasteiger partial charge in [-0.3, -0.25) is 0 Å². The SMILES string of the molecule is CC(C)(C)SCC(NC(=O)OCc1ccccc1)C(=O)O. The number of hydrogen-bond acceptors (Lipinski definition) is 4. The Morgan fingerprint density at radius 3 is 2.43 bits per heavy atom. The predicted octanol–water partition coefficient (Wildman–Crippen LogP) is 2.90. The maximum Gasteiger partial charge on any atom is 0.408 e. The van der Waals surface area contributed by atoms with Crippen LogP contribution in [0, 0.1) is 0 Å². The minimum Gasteiger partial charge on any atom is -0.480 e. The van der Waals surface area contributed by atoms with Crippen LogP contribution in [0.2, 0.25) is 0 Å². The number of aliphatic carboxylic acids is 1. The molecule has 0 saturated carbocycles. The summed E-state index contributed by atoms with van der Waals surface area (Å²) >= 11 is 1.48. The summed E-state index contributed by atoms with van der Waals surface area (Å²) in [5.41, 5.74) is 0.851. The molecule has 1 aromatic rings. The van der Waals surface area contributed by atoms with Gasteiger partial charge in [-0.05, 0) is 5.56 Å². The first-order valence-electron chi connectivity index (χ1n) is 6.62. The summed E-state index contributed by atoms with van der Waals surface area (Å²) in [6, 6.07) is 8.26. The fourth-order valence-electron chi connectivity index (χ4n) is 1.42. The summed E-state index contributed by atoms with van der Waals surface area (Å²) in [6.45, 7) is 6.09. The third-order valence-corrected chi connectivity index (χ3v) is 3.85. The zero-order valence-corrected chi connectivity index (χ0v) is 13.3. The Morgan fingerprint density at radius 2 is 1.90 bits per heavy atom. The highest BCUT2D eigenvalue weighted by Crippen LogP contribution is 2.23. The number of carbonyl (C=O) groups excluding carboxylic acids is 1. The second-order valence-corrected chi connectivity index (χ2v) is 7.37. The molecule has 0 fully saturated rings. The monoisotopic (exact) mass is 311 g/mol. The lowest BCUT2D eigenvalue weighted by atomic mass is 10.2. The van der Waals surface area contributed by atoms with Crippen molar-refractivity contribution in [1.82, 2.24) is 5.32 Å². The lowest BCUT2D eigenvalue weighted by molar-refractivity contribution is -0.138. The smallest absolute Gasteiger partial charge is 0.408 e. The van der Waals surface area contributed by atoms with Gasteiger partial charge >= 0.3 is 12.1 Å². The molecule has 1 unspecified atom stereocenters. The first kappa shape index (κ1) is 17.4. The standard InChI is InChI=1S/C15H21NO4S/c1-15(2,3)21-10-12(13(17)18)16-14(19)20-9-11-7-5-4-6-8-11/h4-8,12H,9-10H2,1-3H3,(H,16,19)(H,17,18). The summed E-state index contributed by atoms with van der Waals surface area (Å²) in [5.74, 6) is -0.775. The molecule has 1 amide bonds. The van der Waals surface area contributed by atoms with Gasteiger partial charge in [0.2, 0.25) is 0 Å². The normalized spacial score (nSPS) is 12.5. The van der Waals surface area contributed by atoms with E-state index in [0.717, 1.165) is 5.56 Å². The maximum atomic E-state index is 11.6. The summed E-state index contributed by atoms with van der Waals surface area (Å²) in [4.78, 5) is 22.8. The molecule has 116 valence electrons. The fraction of sp³-hybridized carbons (Fsp3) is 0.467. The van der Waals surface area contributed by atoms with Crippen molar-refractivity contribution in [2.75, 3.05) is 5.75 Å². The van der Waals surface area contributed by atoms with Crippen LogP contribution in [0.15, 0.2) is 30.3 Å². The number of benzene rings is 1. The minimum atomic E-state index is -1.07. The van der Waals surface area contributed by atoms with Crippen LogP contribution in [0.4, 0.5) is 4.79 Å². The van der Waals surface area contributed by atoms with E-state index in [9.17, 15) is 9.59 Å². The van der Waals surface area contributed by atoms with Gasteiger partial charge in [-0.1, -0.05) is 51.1 Å². The van der Waals surface area contributed by atoms with E-state index in [0.29, 0.717) is 5.75 Å². The highest BCUT2D eigenvalue weighted by atomic mass is 32.2. The van der Waals surface area contributed by atoms with Gasteiger partial charge in [-0.25, -0.2) is 9.59 Å². The van der Waals surface area contributed by atoms with Crippen LogP contribution >= 0.6 is 11.8 Å². The van der Waals surface area contributed by atoms with Gasteiger partial charge in [0.1, 0.15) is 12.6 Å². The molecule has 2 N–H and O–H groups in total. The molecule has 0 spiro atoms. The summed E-state index contributed by atoms with van der Waals surface area (Å²) in [7, 11) is 0. The van der Waals surface area contributed by atoms with Crippen molar-refractivity contribution in [2.45, 2.75) is 38.2 Å². The number of nitrogens with one attached hydrogen (secondary N) is 1.